The lowest BCUT2D eigenvalue weighted by molar-refractivity contribution is -0.117. The molecule has 8 nitrogen and oxygen atoms in total. The van der Waals surface area contributed by atoms with Crippen LogP contribution in [-0.4, -0.2) is 31.6 Å². The quantitative estimate of drug-likeness (QED) is 0.744. The zero-order chi connectivity index (χ0) is 20.5. The van der Waals surface area contributed by atoms with Crippen molar-refractivity contribution in [3.63, 3.8) is 0 Å². The molecule has 0 bridgehead atoms. The van der Waals surface area contributed by atoms with Crippen molar-refractivity contribution in [1.29, 1.82) is 0 Å². The fourth-order valence-electron chi connectivity index (χ4n) is 3.12. The van der Waals surface area contributed by atoms with Crippen LogP contribution in [0.25, 0.3) is 0 Å². The van der Waals surface area contributed by atoms with Gasteiger partial charge in [0.05, 0.1) is 21.8 Å². The third-order valence-electron chi connectivity index (χ3n) is 4.30. The maximum atomic E-state index is 12.1. The second kappa shape index (κ2) is 7.25. The number of nitrogens with zero attached hydrogens (tertiary/aromatic N) is 3. The lowest BCUT2D eigenvalue weighted by atomic mass is 9.85. The summed E-state index contributed by atoms with van der Waals surface area (Å²) in [6, 6.07) is 12.2. The third-order valence-corrected chi connectivity index (χ3v) is 5.21. The summed E-state index contributed by atoms with van der Waals surface area (Å²) >= 11 is 0. The summed E-state index contributed by atoms with van der Waals surface area (Å²) in [7, 11) is -3.87. The molecule has 1 aliphatic rings. The van der Waals surface area contributed by atoms with Crippen molar-refractivity contribution in [1.82, 2.24) is 0 Å². The summed E-state index contributed by atoms with van der Waals surface area (Å²) in [6.07, 6.45) is 0.728. The molecule has 4 N–H and O–H groups in total. The minimum Gasteiger partial charge on any atom is -0.367 e. The average Bonchev–Trinajstić information content (AvgIpc) is 2.60. The van der Waals surface area contributed by atoms with Crippen LogP contribution in [0.1, 0.15) is 25.0 Å². The number of hydrogen-bond acceptors (Lipinski definition) is 6. The number of fused-ring (bicyclic) bond motifs is 1. The van der Waals surface area contributed by atoms with Gasteiger partial charge in [-0.15, -0.1) is 0 Å². The van der Waals surface area contributed by atoms with E-state index in [1.165, 1.54) is 18.2 Å². The topological polar surface area (TPSA) is 140 Å². The lowest BCUT2D eigenvalue weighted by Crippen LogP contribution is -2.40. The predicted molar refractivity (Wildman–Crippen MR) is 106 cm³/mol. The predicted octanol–water partition coefficient (Wildman–Crippen LogP) is 2.10. The number of amides is 1. The first-order valence-electron chi connectivity index (χ1n) is 8.58. The average molecular weight is 399 g/mol. The molecular weight excluding hydrogens is 378 g/mol. The van der Waals surface area contributed by atoms with Crippen LogP contribution in [0.4, 0.5) is 5.69 Å². The Morgan fingerprint density at radius 2 is 1.89 bits per heavy atom. The molecular formula is C19H21N5O3S. The van der Waals surface area contributed by atoms with Crippen molar-refractivity contribution >= 4 is 27.3 Å². The molecule has 9 heteroatoms. The van der Waals surface area contributed by atoms with Crippen LogP contribution >= 0.6 is 0 Å². The molecule has 0 aliphatic carbocycles. The fourth-order valence-corrected chi connectivity index (χ4v) is 3.67. The van der Waals surface area contributed by atoms with E-state index in [1.807, 2.05) is 38.1 Å². The molecule has 1 atom stereocenters. The molecule has 0 spiro atoms. The number of sulfonamides is 1. The van der Waals surface area contributed by atoms with Crippen molar-refractivity contribution in [2.45, 2.75) is 36.7 Å². The maximum absolute atomic E-state index is 12.1. The van der Waals surface area contributed by atoms with Gasteiger partial charge in [0, 0.05) is 5.56 Å². The largest absolute Gasteiger partial charge is 0.367 e. The Morgan fingerprint density at radius 3 is 2.57 bits per heavy atom. The summed E-state index contributed by atoms with van der Waals surface area (Å²) in [5.74, 6) is -0.697. The highest BCUT2D eigenvalue weighted by atomic mass is 32.2. The van der Waals surface area contributed by atoms with Gasteiger partial charge in [0.1, 0.15) is 0 Å². The summed E-state index contributed by atoms with van der Waals surface area (Å²) in [4.78, 5) is 16.7. The molecule has 1 aliphatic heterocycles. The molecule has 0 saturated heterocycles. The Balaban J connectivity index is 2.02. The van der Waals surface area contributed by atoms with Gasteiger partial charge in [-0.1, -0.05) is 30.3 Å². The zero-order valence-electron chi connectivity index (χ0n) is 15.5. The van der Waals surface area contributed by atoms with Crippen LogP contribution in [0.5, 0.6) is 0 Å². The summed E-state index contributed by atoms with van der Waals surface area (Å²) in [6.45, 7) is 3.93. The first-order chi connectivity index (χ1) is 13.1. The van der Waals surface area contributed by atoms with Gasteiger partial charge in [0.15, 0.2) is 6.04 Å². The zero-order valence-corrected chi connectivity index (χ0v) is 16.3. The van der Waals surface area contributed by atoms with Crippen LogP contribution in [0, 0.1) is 0 Å². The summed E-state index contributed by atoms with van der Waals surface area (Å²) < 4.78 is 23.0. The van der Waals surface area contributed by atoms with Gasteiger partial charge in [-0.2, -0.15) is 10.2 Å². The molecule has 2 aromatic carbocycles. The van der Waals surface area contributed by atoms with E-state index in [0.29, 0.717) is 5.71 Å². The van der Waals surface area contributed by atoms with Gasteiger partial charge in [0.2, 0.25) is 15.9 Å². The van der Waals surface area contributed by atoms with Gasteiger partial charge in [-0.3, -0.25) is 9.79 Å². The number of hydrogen-bond donors (Lipinski definition) is 2. The van der Waals surface area contributed by atoms with E-state index < -0.39 is 27.5 Å². The number of primary amides is 1. The Morgan fingerprint density at radius 1 is 1.18 bits per heavy atom. The van der Waals surface area contributed by atoms with Gasteiger partial charge < -0.3 is 5.73 Å². The Labute approximate surface area is 163 Å². The normalized spacial score (nSPS) is 17.0. The van der Waals surface area contributed by atoms with Gasteiger partial charge in [-0.05, 0) is 44.0 Å². The van der Waals surface area contributed by atoms with Crippen molar-refractivity contribution < 1.29 is 13.2 Å². The molecule has 2 aromatic rings. The van der Waals surface area contributed by atoms with Crippen LogP contribution in [0.15, 0.2) is 68.6 Å². The minimum atomic E-state index is -3.87. The van der Waals surface area contributed by atoms with E-state index in [0.717, 1.165) is 17.5 Å². The van der Waals surface area contributed by atoms with Crippen molar-refractivity contribution in [3.8, 4) is 0 Å². The highest BCUT2D eigenvalue weighted by Gasteiger charge is 2.33. The van der Waals surface area contributed by atoms with E-state index in [9.17, 15) is 13.2 Å². The Kier molecular flexibility index (Phi) is 5.14. The molecule has 0 fully saturated rings. The van der Waals surface area contributed by atoms with E-state index >= 15 is 0 Å². The molecule has 28 heavy (non-hydrogen) atoms. The van der Waals surface area contributed by atoms with Crippen LogP contribution in [-0.2, 0) is 21.2 Å². The second-order valence-electron chi connectivity index (χ2n) is 7.21. The van der Waals surface area contributed by atoms with Gasteiger partial charge in [-0.25, -0.2) is 13.6 Å². The monoisotopic (exact) mass is 399 g/mol. The van der Waals surface area contributed by atoms with Crippen LogP contribution in [0.3, 0.4) is 0 Å². The molecule has 1 unspecified atom stereocenters. The first kappa shape index (κ1) is 19.8. The highest BCUT2D eigenvalue weighted by molar-refractivity contribution is 7.89. The molecule has 1 amide bonds. The van der Waals surface area contributed by atoms with Crippen LogP contribution < -0.4 is 10.9 Å². The molecule has 146 valence electrons. The molecule has 0 radical (unpaired) electrons. The molecule has 1 heterocycles. The number of carbonyl (C=O) groups excluding carboxylic acids is 1. The highest BCUT2D eigenvalue weighted by Crippen LogP contribution is 2.29. The smallest absolute Gasteiger partial charge is 0.250 e. The molecule has 0 saturated carbocycles. The number of aliphatic imine (C=N–C) groups is 1. The summed E-state index contributed by atoms with van der Waals surface area (Å²) in [5.41, 5.74) is 7.72. The van der Waals surface area contributed by atoms with Gasteiger partial charge >= 0.3 is 0 Å². The lowest BCUT2D eigenvalue weighted by Gasteiger charge is -2.30. The number of azo groups is 1. The van der Waals surface area contributed by atoms with Gasteiger partial charge in [0.25, 0.3) is 0 Å². The standard InChI is InChI=1S/C19H21N5O3S/c1-19(2)11-12-6-3-4-9-15(12)16(22-19)17(18(20)25)24-23-13-7-5-8-14(10-13)28(21,26)27/h3-10,17H,11H2,1-2H3,(H2,20,25)(H2,21,26,27). The second-order valence-corrected chi connectivity index (χ2v) is 8.77. The minimum absolute atomic E-state index is 0.0962. The van der Waals surface area contributed by atoms with E-state index in [4.69, 9.17) is 15.9 Å². The molecule has 0 aromatic heterocycles. The van der Waals surface area contributed by atoms with Crippen molar-refractivity contribution in [3.05, 3.63) is 59.7 Å². The van der Waals surface area contributed by atoms with Crippen molar-refractivity contribution in [2.24, 2.45) is 26.1 Å². The van der Waals surface area contributed by atoms with E-state index in [2.05, 4.69) is 10.2 Å². The number of primary sulfonamides is 1. The number of nitrogens with two attached hydrogens (primary N) is 2. The summed E-state index contributed by atoms with van der Waals surface area (Å²) in [5, 5.41) is 13.2. The maximum Gasteiger partial charge on any atom is 0.250 e. The van der Waals surface area contributed by atoms with E-state index in [-0.39, 0.29) is 10.6 Å². The Hall–Kier alpha value is -2.91. The van der Waals surface area contributed by atoms with Crippen molar-refractivity contribution in [2.75, 3.05) is 0 Å². The first-order valence-corrected chi connectivity index (χ1v) is 10.1. The Bertz CT molecular complexity index is 1090. The molecule has 3 rings (SSSR count). The van der Waals surface area contributed by atoms with E-state index in [1.54, 1.807) is 6.07 Å². The number of carbonyl (C=O) groups is 1. The fraction of sp³-hybridized carbons (Fsp3) is 0.263. The van der Waals surface area contributed by atoms with Crippen LogP contribution in [0.2, 0.25) is 0 Å². The third kappa shape index (κ3) is 4.32. The number of benzene rings is 2. The number of rotatable bonds is 5. The SMILES string of the molecule is CC1(C)Cc2ccccc2C(C(N=Nc2cccc(S(N)(=O)=O)c2)C(N)=O)=N1.